The molecule has 2 aliphatic heterocycles. The number of nitrogens with zero attached hydrogens (tertiary/aromatic N) is 1. The van der Waals surface area contributed by atoms with Crippen molar-refractivity contribution in [3.05, 3.63) is 65.7 Å². The Balaban J connectivity index is 1.51. The molecule has 0 aromatic heterocycles. The Kier molecular flexibility index (Phi) is 3.54. The predicted octanol–water partition coefficient (Wildman–Crippen LogP) is 2.74. The molecule has 2 aromatic carbocycles. The number of phenols is 1. The molecular weight excluding hydrogens is 290 g/mol. The molecule has 2 fully saturated rings. The maximum Gasteiger partial charge on any atom is 0.311 e. The topological polar surface area (TPSA) is 49.8 Å². The highest BCUT2D eigenvalue weighted by Gasteiger charge is 2.50. The fourth-order valence-electron chi connectivity index (χ4n) is 3.72. The van der Waals surface area contributed by atoms with Gasteiger partial charge in [-0.05, 0) is 23.3 Å². The summed E-state index contributed by atoms with van der Waals surface area (Å²) in [6.45, 7) is 2.48. The molecule has 0 amide bonds. The van der Waals surface area contributed by atoms with E-state index in [0.29, 0.717) is 0 Å². The molecule has 23 heavy (non-hydrogen) atoms. The number of benzene rings is 2. The van der Waals surface area contributed by atoms with Crippen LogP contribution in [0.2, 0.25) is 0 Å². The Hall–Kier alpha value is -2.33. The smallest absolute Gasteiger partial charge is 0.311 e. The number of carbonyl (C=O) groups excluding carboxylic acids is 1. The first-order chi connectivity index (χ1) is 11.2. The van der Waals surface area contributed by atoms with E-state index in [1.165, 1.54) is 5.56 Å². The molecule has 3 atom stereocenters. The second-order valence-corrected chi connectivity index (χ2v) is 6.40. The van der Waals surface area contributed by atoms with Crippen LogP contribution in [0.15, 0.2) is 54.6 Å². The lowest BCUT2D eigenvalue weighted by molar-refractivity contribution is -0.145. The van der Waals surface area contributed by atoms with Gasteiger partial charge < -0.3 is 9.84 Å². The Morgan fingerprint density at radius 2 is 1.78 bits per heavy atom. The third-order valence-corrected chi connectivity index (χ3v) is 4.85. The zero-order chi connectivity index (χ0) is 15.8. The molecule has 2 saturated heterocycles. The van der Waals surface area contributed by atoms with Crippen LogP contribution in [0.25, 0.3) is 0 Å². The number of hydrogen-bond acceptors (Lipinski definition) is 4. The highest BCUT2D eigenvalue weighted by molar-refractivity contribution is 5.76. The number of fused-ring (bicyclic) bond motifs is 1. The lowest BCUT2D eigenvalue weighted by Crippen LogP contribution is -2.24. The molecule has 0 spiro atoms. The average Bonchev–Trinajstić information content (AvgIpc) is 3.10. The van der Waals surface area contributed by atoms with Crippen molar-refractivity contribution in [3.8, 4) is 5.75 Å². The summed E-state index contributed by atoms with van der Waals surface area (Å²) in [5.41, 5.74) is 2.23. The SMILES string of the molecule is O=C1OC(c2ccc(O)cc2)[C@@H]2CN(Cc3ccccc3)C[C@H]12. The van der Waals surface area contributed by atoms with Crippen LogP contribution < -0.4 is 0 Å². The molecule has 2 aromatic rings. The number of carbonyl (C=O) groups is 1. The van der Waals surface area contributed by atoms with E-state index in [0.717, 1.165) is 25.2 Å². The summed E-state index contributed by atoms with van der Waals surface area (Å²) >= 11 is 0. The lowest BCUT2D eigenvalue weighted by Gasteiger charge is -2.20. The summed E-state index contributed by atoms with van der Waals surface area (Å²) in [6, 6.07) is 17.3. The van der Waals surface area contributed by atoms with Gasteiger partial charge in [0.1, 0.15) is 11.9 Å². The van der Waals surface area contributed by atoms with Gasteiger partial charge in [0.25, 0.3) is 0 Å². The second-order valence-electron chi connectivity index (χ2n) is 6.40. The van der Waals surface area contributed by atoms with Gasteiger partial charge in [-0.3, -0.25) is 9.69 Å². The lowest BCUT2D eigenvalue weighted by atomic mass is 9.90. The summed E-state index contributed by atoms with van der Waals surface area (Å²) in [4.78, 5) is 14.5. The number of hydrogen-bond donors (Lipinski definition) is 1. The molecular formula is C19H19NO3. The first-order valence-corrected chi connectivity index (χ1v) is 7.96. The molecule has 2 aliphatic rings. The Bertz CT molecular complexity index is 698. The number of likely N-dealkylation sites (tertiary alicyclic amines) is 1. The van der Waals surface area contributed by atoms with Crippen molar-refractivity contribution in [3.63, 3.8) is 0 Å². The van der Waals surface area contributed by atoms with Crippen molar-refractivity contribution in [2.75, 3.05) is 13.1 Å². The molecule has 118 valence electrons. The predicted molar refractivity (Wildman–Crippen MR) is 85.6 cm³/mol. The van der Waals surface area contributed by atoms with E-state index in [-0.39, 0.29) is 29.7 Å². The molecule has 4 nitrogen and oxygen atoms in total. The molecule has 2 heterocycles. The van der Waals surface area contributed by atoms with Gasteiger partial charge in [-0.15, -0.1) is 0 Å². The molecule has 0 aliphatic carbocycles. The van der Waals surface area contributed by atoms with Gasteiger partial charge in [-0.25, -0.2) is 0 Å². The van der Waals surface area contributed by atoms with E-state index < -0.39 is 0 Å². The van der Waals surface area contributed by atoms with Crippen molar-refractivity contribution in [1.29, 1.82) is 0 Å². The summed E-state index contributed by atoms with van der Waals surface area (Å²) < 4.78 is 5.61. The Morgan fingerprint density at radius 3 is 2.52 bits per heavy atom. The van der Waals surface area contributed by atoms with Gasteiger partial charge in [0, 0.05) is 25.6 Å². The highest BCUT2D eigenvalue weighted by Crippen LogP contribution is 2.44. The Morgan fingerprint density at radius 1 is 1.04 bits per heavy atom. The summed E-state index contributed by atoms with van der Waals surface area (Å²) in [6.07, 6.45) is -0.200. The maximum atomic E-state index is 12.2. The van der Waals surface area contributed by atoms with Crippen LogP contribution in [-0.2, 0) is 16.1 Å². The van der Waals surface area contributed by atoms with Crippen LogP contribution in [0.5, 0.6) is 5.75 Å². The van der Waals surface area contributed by atoms with Crippen molar-refractivity contribution in [2.24, 2.45) is 11.8 Å². The molecule has 0 bridgehead atoms. The van der Waals surface area contributed by atoms with Crippen LogP contribution >= 0.6 is 0 Å². The fraction of sp³-hybridized carbons (Fsp3) is 0.316. The van der Waals surface area contributed by atoms with E-state index in [2.05, 4.69) is 17.0 Å². The summed E-state index contributed by atoms with van der Waals surface area (Å²) in [5.74, 6) is 0.281. The Labute approximate surface area is 135 Å². The highest BCUT2D eigenvalue weighted by atomic mass is 16.6. The van der Waals surface area contributed by atoms with Crippen LogP contribution in [-0.4, -0.2) is 29.1 Å². The molecule has 1 N–H and O–H groups in total. The zero-order valence-electron chi connectivity index (χ0n) is 12.8. The molecule has 0 saturated carbocycles. The van der Waals surface area contributed by atoms with Crippen molar-refractivity contribution in [2.45, 2.75) is 12.6 Å². The minimum atomic E-state index is -0.200. The number of aromatic hydroxyl groups is 1. The second kappa shape index (κ2) is 5.70. The maximum absolute atomic E-state index is 12.2. The van der Waals surface area contributed by atoms with Crippen LogP contribution in [0.4, 0.5) is 0 Å². The van der Waals surface area contributed by atoms with Crippen LogP contribution in [0, 0.1) is 11.8 Å². The molecule has 1 unspecified atom stereocenters. The number of rotatable bonds is 3. The fourth-order valence-corrected chi connectivity index (χ4v) is 3.72. The van der Waals surface area contributed by atoms with Gasteiger partial charge in [0.05, 0.1) is 5.92 Å². The number of esters is 1. The third-order valence-electron chi connectivity index (χ3n) is 4.85. The molecule has 4 rings (SSSR count). The molecule has 4 heteroatoms. The summed E-state index contributed by atoms with van der Waals surface area (Å²) in [5, 5.41) is 9.43. The third kappa shape index (κ3) is 2.70. The summed E-state index contributed by atoms with van der Waals surface area (Å²) in [7, 11) is 0. The largest absolute Gasteiger partial charge is 0.508 e. The van der Waals surface area contributed by atoms with E-state index in [9.17, 15) is 9.90 Å². The standard InChI is InChI=1S/C19H19NO3/c21-15-8-6-14(7-9-15)18-16-11-20(12-17(16)19(22)23-18)10-13-4-2-1-3-5-13/h1-9,16-18,21H,10-12H2/t16-,17+,18?/m1/s1. The van der Waals surface area contributed by atoms with Gasteiger partial charge in [0.2, 0.25) is 0 Å². The molecule has 0 radical (unpaired) electrons. The van der Waals surface area contributed by atoms with Crippen molar-refractivity contribution < 1.29 is 14.6 Å². The van der Waals surface area contributed by atoms with Crippen LogP contribution in [0.3, 0.4) is 0 Å². The number of cyclic esters (lactones) is 1. The van der Waals surface area contributed by atoms with Gasteiger partial charge in [-0.1, -0.05) is 42.5 Å². The quantitative estimate of drug-likeness (QED) is 0.886. The first-order valence-electron chi connectivity index (χ1n) is 7.96. The average molecular weight is 309 g/mol. The van der Waals surface area contributed by atoms with E-state index in [1.54, 1.807) is 12.1 Å². The minimum Gasteiger partial charge on any atom is -0.508 e. The number of phenolic OH excluding ortho intramolecular Hbond substituents is 1. The van der Waals surface area contributed by atoms with Gasteiger partial charge >= 0.3 is 5.97 Å². The van der Waals surface area contributed by atoms with E-state index in [1.807, 2.05) is 30.3 Å². The van der Waals surface area contributed by atoms with Crippen LogP contribution in [0.1, 0.15) is 17.2 Å². The van der Waals surface area contributed by atoms with E-state index >= 15 is 0 Å². The number of ether oxygens (including phenoxy) is 1. The van der Waals surface area contributed by atoms with Gasteiger partial charge in [0.15, 0.2) is 0 Å². The zero-order valence-corrected chi connectivity index (χ0v) is 12.8. The van der Waals surface area contributed by atoms with E-state index in [4.69, 9.17) is 4.74 Å². The van der Waals surface area contributed by atoms with Crippen molar-refractivity contribution in [1.82, 2.24) is 4.90 Å². The minimum absolute atomic E-state index is 0.0440. The monoisotopic (exact) mass is 309 g/mol. The first kappa shape index (κ1) is 14.3. The van der Waals surface area contributed by atoms with Gasteiger partial charge in [-0.2, -0.15) is 0 Å². The van der Waals surface area contributed by atoms with Crippen molar-refractivity contribution >= 4 is 5.97 Å². The normalized spacial score (nSPS) is 27.0.